The lowest BCUT2D eigenvalue weighted by Gasteiger charge is -2.14. The van der Waals surface area contributed by atoms with Gasteiger partial charge in [-0.15, -0.1) is 0 Å². The van der Waals surface area contributed by atoms with Crippen LogP contribution >= 0.6 is 0 Å². The number of para-hydroxylation sites is 3. The molecule has 4 nitrogen and oxygen atoms in total. The third kappa shape index (κ3) is 2.94. The highest BCUT2D eigenvalue weighted by molar-refractivity contribution is 6.39. The van der Waals surface area contributed by atoms with E-state index in [1.54, 1.807) is 0 Å². The second-order valence-electron chi connectivity index (χ2n) is 12.2. The van der Waals surface area contributed by atoms with Gasteiger partial charge in [0.1, 0.15) is 5.82 Å². The zero-order valence-electron chi connectivity index (χ0n) is 24.6. The van der Waals surface area contributed by atoms with Crippen molar-refractivity contribution in [2.24, 2.45) is 0 Å². The van der Waals surface area contributed by atoms with Crippen LogP contribution in [0.25, 0.3) is 98.5 Å². The van der Waals surface area contributed by atoms with Gasteiger partial charge in [-0.25, -0.2) is 4.98 Å². The summed E-state index contributed by atoms with van der Waals surface area (Å²) in [5, 5.41) is 12.3. The first kappa shape index (κ1) is 24.1. The van der Waals surface area contributed by atoms with Gasteiger partial charge in [0.25, 0.3) is 0 Å². The highest BCUT2D eigenvalue weighted by Gasteiger charge is 2.26. The van der Waals surface area contributed by atoms with Crippen molar-refractivity contribution in [1.82, 2.24) is 18.9 Å². The molecule has 212 valence electrons. The Labute approximate surface area is 262 Å². The van der Waals surface area contributed by atoms with Crippen LogP contribution in [0.3, 0.4) is 0 Å². The number of hydrogen-bond acceptors (Lipinski definition) is 2. The summed E-state index contributed by atoms with van der Waals surface area (Å²) < 4.78 is 4.92. The lowest BCUT2D eigenvalue weighted by Crippen LogP contribution is -2.00. The molecule has 0 aliphatic rings. The van der Waals surface area contributed by atoms with Gasteiger partial charge in [-0.2, -0.15) is 0 Å². The molecule has 11 aromatic rings. The Hall–Kier alpha value is -6.26. The van der Waals surface area contributed by atoms with E-state index in [1.165, 1.54) is 65.2 Å². The van der Waals surface area contributed by atoms with E-state index in [0.717, 1.165) is 33.4 Å². The minimum Gasteiger partial charge on any atom is -0.307 e. The normalized spacial score (nSPS) is 12.3. The van der Waals surface area contributed by atoms with Gasteiger partial charge in [0.05, 0.1) is 33.3 Å². The van der Waals surface area contributed by atoms with Crippen LogP contribution in [0, 0.1) is 0 Å². The Morgan fingerprint density at radius 2 is 1.13 bits per heavy atom. The van der Waals surface area contributed by atoms with Crippen molar-refractivity contribution in [2.45, 2.75) is 0 Å². The van der Waals surface area contributed by atoms with Crippen molar-refractivity contribution in [3.05, 3.63) is 146 Å². The third-order valence-electron chi connectivity index (χ3n) is 9.88. The molecule has 0 N–H and O–H groups in total. The molecular formula is C42H24N4. The first-order valence-electron chi connectivity index (χ1n) is 15.7. The van der Waals surface area contributed by atoms with E-state index in [2.05, 4.69) is 141 Å². The quantitative estimate of drug-likeness (QED) is 0.203. The van der Waals surface area contributed by atoms with Crippen LogP contribution in [0.4, 0.5) is 0 Å². The Morgan fingerprint density at radius 3 is 1.98 bits per heavy atom. The van der Waals surface area contributed by atoms with Crippen LogP contribution in [0.1, 0.15) is 0 Å². The summed E-state index contributed by atoms with van der Waals surface area (Å²) in [7, 11) is 0. The zero-order chi connectivity index (χ0) is 29.9. The molecule has 0 fully saturated rings. The fraction of sp³-hybridized carbons (Fsp3) is 0. The molecule has 0 unspecified atom stereocenters. The molecule has 11 rings (SSSR count). The maximum Gasteiger partial charge on any atom is 0.138 e. The van der Waals surface area contributed by atoms with Crippen molar-refractivity contribution >= 4 is 81.4 Å². The van der Waals surface area contributed by atoms with Crippen LogP contribution in [-0.4, -0.2) is 18.9 Å². The highest BCUT2D eigenvalue weighted by atomic mass is 15.1. The van der Waals surface area contributed by atoms with Crippen molar-refractivity contribution in [3.8, 4) is 17.1 Å². The summed E-state index contributed by atoms with van der Waals surface area (Å²) in [4.78, 5) is 9.93. The third-order valence-corrected chi connectivity index (χ3v) is 9.88. The predicted molar refractivity (Wildman–Crippen MR) is 191 cm³/mol. The van der Waals surface area contributed by atoms with Crippen LogP contribution < -0.4 is 0 Å². The van der Waals surface area contributed by atoms with Gasteiger partial charge in [-0.05, 0) is 41.1 Å². The second kappa shape index (κ2) is 8.68. The molecule has 5 aromatic heterocycles. The predicted octanol–water partition coefficient (Wildman–Crippen LogP) is 10.7. The maximum atomic E-state index is 5.47. The lowest BCUT2D eigenvalue weighted by atomic mass is 9.98. The van der Waals surface area contributed by atoms with Gasteiger partial charge < -0.3 is 4.40 Å². The summed E-state index contributed by atoms with van der Waals surface area (Å²) in [6, 6.07) is 48.2. The van der Waals surface area contributed by atoms with E-state index in [1.807, 2.05) is 18.5 Å². The fourth-order valence-corrected chi connectivity index (χ4v) is 8.10. The highest BCUT2D eigenvalue weighted by Crippen LogP contribution is 2.48. The van der Waals surface area contributed by atoms with Crippen molar-refractivity contribution in [3.63, 3.8) is 0 Å². The first-order chi connectivity index (χ1) is 22.9. The molecule has 6 aromatic carbocycles. The fourth-order valence-electron chi connectivity index (χ4n) is 8.10. The van der Waals surface area contributed by atoms with Crippen LogP contribution in [0.2, 0.25) is 0 Å². The smallest absolute Gasteiger partial charge is 0.138 e. The molecule has 0 atom stereocenters. The van der Waals surface area contributed by atoms with Crippen LogP contribution in [0.15, 0.2) is 146 Å². The Kier molecular flexibility index (Phi) is 4.55. The van der Waals surface area contributed by atoms with E-state index in [0.29, 0.717) is 0 Å². The summed E-state index contributed by atoms with van der Waals surface area (Å²) in [5.74, 6) is 0.898. The zero-order valence-corrected chi connectivity index (χ0v) is 24.6. The van der Waals surface area contributed by atoms with Crippen molar-refractivity contribution in [2.75, 3.05) is 0 Å². The number of pyridine rings is 2. The monoisotopic (exact) mass is 584 g/mol. The van der Waals surface area contributed by atoms with Crippen molar-refractivity contribution in [1.29, 1.82) is 0 Å². The van der Waals surface area contributed by atoms with E-state index in [4.69, 9.17) is 4.98 Å². The number of hydrogen-bond donors (Lipinski definition) is 0. The molecule has 4 heteroatoms. The second-order valence-corrected chi connectivity index (χ2v) is 12.2. The number of fused-ring (bicyclic) bond motifs is 14. The summed E-state index contributed by atoms with van der Waals surface area (Å²) in [6.45, 7) is 0. The number of rotatable bonds is 2. The molecule has 0 aliphatic carbocycles. The van der Waals surface area contributed by atoms with Crippen molar-refractivity contribution < 1.29 is 0 Å². The number of aromatic nitrogens is 4. The minimum absolute atomic E-state index is 0.898. The number of nitrogens with zero attached hydrogens (tertiary/aromatic N) is 4. The molecule has 0 aliphatic heterocycles. The molecule has 46 heavy (non-hydrogen) atoms. The van der Waals surface area contributed by atoms with E-state index >= 15 is 0 Å². The molecule has 0 amide bonds. The first-order valence-corrected chi connectivity index (χ1v) is 15.7. The molecule has 0 radical (unpaired) electrons. The van der Waals surface area contributed by atoms with Gasteiger partial charge in [0.15, 0.2) is 0 Å². The van der Waals surface area contributed by atoms with Gasteiger partial charge in [0, 0.05) is 61.0 Å². The minimum atomic E-state index is 0.898. The topological polar surface area (TPSA) is 35.1 Å². The van der Waals surface area contributed by atoms with E-state index in [-0.39, 0.29) is 0 Å². The Morgan fingerprint density at radius 1 is 0.457 bits per heavy atom. The van der Waals surface area contributed by atoms with Crippen LogP contribution in [0.5, 0.6) is 0 Å². The molecule has 0 saturated carbocycles. The Bertz CT molecular complexity index is 3020. The summed E-state index contributed by atoms with van der Waals surface area (Å²) in [5.41, 5.74) is 8.02. The molecule has 0 saturated heterocycles. The Balaban J connectivity index is 1.44. The molecule has 5 heterocycles. The molecule has 0 spiro atoms. The lowest BCUT2D eigenvalue weighted by molar-refractivity contribution is 1.10. The summed E-state index contributed by atoms with van der Waals surface area (Å²) >= 11 is 0. The van der Waals surface area contributed by atoms with E-state index < -0.39 is 0 Å². The number of benzene rings is 6. The standard InChI is InChI=1S/C42H24N4/c1-2-13-27-25(11-1)23-36(44-39(27)26-12-10-22-43-24-26)45-35-21-8-6-17-32(35)37-29-15-3-4-16-31(29)41-38(42(37)45)33-19-9-18-30-28-14-5-7-20-34(28)46(41)40(30)33/h1-24H. The average Bonchev–Trinajstić information content (AvgIpc) is 3.77. The molecule has 0 bridgehead atoms. The van der Waals surface area contributed by atoms with Gasteiger partial charge in [-0.3, -0.25) is 9.55 Å². The van der Waals surface area contributed by atoms with E-state index in [9.17, 15) is 0 Å². The van der Waals surface area contributed by atoms with Gasteiger partial charge in [0.2, 0.25) is 0 Å². The van der Waals surface area contributed by atoms with Crippen LogP contribution in [-0.2, 0) is 0 Å². The summed E-state index contributed by atoms with van der Waals surface area (Å²) in [6.07, 6.45) is 3.73. The average molecular weight is 585 g/mol. The van der Waals surface area contributed by atoms with Gasteiger partial charge in [-0.1, -0.05) is 103 Å². The maximum absolute atomic E-state index is 5.47. The largest absolute Gasteiger partial charge is 0.307 e. The SMILES string of the molecule is c1cncc(-c2nc(-n3c4ccccc4c4c5ccccc5c5c(c6cccc7c8ccccc8n5c76)c43)cc3ccccc23)c1. The molecular weight excluding hydrogens is 560 g/mol. The van der Waals surface area contributed by atoms with Gasteiger partial charge >= 0.3 is 0 Å².